The Labute approximate surface area is 117 Å². The Hall–Kier alpha value is -0.610. The molecule has 1 aliphatic heterocycles. The molecular formula is C15H29N3O. The smallest absolute Gasteiger partial charge is 0.221 e. The second-order valence-electron chi connectivity index (χ2n) is 6.24. The lowest BCUT2D eigenvalue weighted by Crippen LogP contribution is -2.46. The zero-order valence-corrected chi connectivity index (χ0v) is 12.2. The molecule has 1 heterocycles. The summed E-state index contributed by atoms with van der Waals surface area (Å²) in [5, 5.41) is 3.16. The Bertz CT molecular complexity index is 283. The molecule has 2 fully saturated rings. The number of rotatable bonds is 7. The Morgan fingerprint density at radius 1 is 1.32 bits per heavy atom. The average molecular weight is 267 g/mol. The van der Waals surface area contributed by atoms with Gasteiger partial charge in [-0.15, -0.1) is 0 Å². The van der Waals surface area contributed by atoms with Gasteiger partial charge in [0, 0.05) is 31.6 Å². The zero-order valence-electron chi connectivity index (χ0n) is 12.2. The fourth-order valence-electron chi connectivity index (χ4n) is 2.87. The molecule has 2 rings (SSSR count). The lowest BCUT2D eigenvalue weighted by Gasteiger charge is -2.32. The Morgan fingerprint density at radius 3 is 2.58 bits per heavy atom. The van der Waals surface area contributed by atoms with Crippen molar-refractivity contribution in [1.82, 2.24) is 10.2 Å². The number of carbonyl (C=O) groups is 1. The number of piperidine rings is 1. The lowest BCUT2D eigenvalue weighted by molar-refractivity contribution is -0.122. The molecular weight excluding hydrogens is 238 g/mol. The minimum atomic E-state index is 0.0876. The van der Waals surface area contributed by atoms with E-state index >= 15 is 0 Å². The SMILES string of the molecule is CCCCN1CCC(NC(=O)CC(N)C2CC2)CC1. The first kappa shape index (κ1) is 14.8. The standard InChI is InChI=1S/C15H29N3O/c1-2-3-8-18-9-6-13(7-10-18)17-15(19)11-14(16)12-4-5-12/h12-14H,2-11,16H2,1H3,(H,17,19). The first-order valence-electron chi connectivity index (χ1n) is 7.96. The molecule has 19 heavy (non-hydrogen) atoms. The molecule has 1 unspecified atom stereocenters. The van der Waals surface area contributed by atoms with Crippen molar-refractivity contribution in [2.75, 3.05) is 19.6 Å². The van der Waals surface area contributed by atoms with Gasteiger partial charge in [-0.1, -0.05) is 13.3 Å². The van der Waals surface area contributed by atoms with Crippen molar-refractivity contribution in [2.24, 2.45) is 11.7 Å². The number of hydrogen-bond donors (Lipinski definition) is 2. The summed E-state index contributed by atoms with van der Waals surface area (Å²) in [6.07, 6.45) is 7.67. The number of hydrogen-bond acceptors (Lipinski definition) is 3. The Morgan fingerprint density at radius 2 is 2.00 bits per heavy atom. The van der Waals surface area contributed by atoms with Crippen LogP contribution in [-0.2, 0) is 4.79 Å². The van der Waals surface area contributed by atoms with E-state index in [4.69, 9.17) is 5.73 Å². The van der Waals surface area contributed by atoms with Gasteiger partial charge in [0.1, 0.15) is 0 Å². The second-order valence-corrected chi connectivity index (χ2v) is 6.24. The van der Waals surface area contributed by atoms with Crippen LogP contribution in [0.4, 0.5) is 0 Å². The molecule has 0 aromatic rings. The molecule has 1 saturated carbocycles. The third-order valence-electron chi connectivity index (χ3n) is 4.43. The molecule has 1 saturated heterocycles. The normalized spacial score (nSPS) is 23.3. The molecule has 1 aliphatic carbocycles. The van der Waals surface area contributed by atoms with Crippen LogP contribution in [0.2, 0.25) is 0 Å². The highest BCUT2D eigenvalue weighted by Crippen LogP contribution is 2.32. The van der Waals surface area contributed by atoms with E-state index in [1.807, 2.05) is 0 Å². The molecule has 4 heteroatoms. The van der Waals surface area contributed by atoms with E-state index in [9.17, 15) is 4.79 Å². The van der Waals surface area contributed by atoms with Crippen LogP contribution in [-0.4, -0.2) is 42.5 Å². The van der Waals surface area contributed by atoms with Gasteiger partial charge in [0.2, 0.25) is 5.91 Å². The van der Waals surface area contributed by atoms with Gasteiger partial charge < -0.3 is 16.0 Å². The minimum absolute atomic E-state index is 0.0876. The van der Waals surface area contributed by atoms with E-state index in [1.165, 1.54) is 32.2 Å². The van der Waals surface area contributed by atoms with E-state index in [-0.39, 0.29) is 11.9 Å². The van der Waals surface area contributed by atoms with E-state index < -0.39 is 0 Å². The van der Waals surface area contributed by atoms with Crippen molar-refractivity contribution in [3.63, 3.8) is 0 Å². The van der Waals surface area contributed by atoms with E-state index in [0.29, 0.717) is 18.4 Å². The highest BCUT2D eigenvalue weighted by atomic mass is 16.1. The summed E-state index contributed by atoms with van der Waals surface area (Å²) in [6, 6.07) is 0.460. The van der Waals surface area contributed by atoms with Crippen molar-refractivity contribution in [3.8, 4) is 0 Å². The van der Waals surface area contributed by atoms with Crippen LogP contribution in [0.15, 0.2) is 0 Å². The molecule has 110 valence electrons. The van der Waals surface area contributed by atoms with E-state index in [2.05, 4.69) is 17.1 Å². The highest BCUT2D eigenvalue weighted by Gasteiger charge is 2.30. The van der Waals surface area contributed by atoms with Crippen LogP contribution >= 0.6 is 0 Å². The molecule has 0 spiro atoms. The summed E-state index contributed by atoms with van der Waals surface area (Å²) in [6.45, 7) is 5.69. The fourth-order valence-corrected chi connectivity index (χ4v) is 2.87. The van der Waals surface area contributed by atoms with Crippen LogP contribution in [0.25, 0.3) is 0 Å². The van der Waals surface area contributed by atoms with Gasteiger partial charge in [-0.3, -0.25) is 4.79 Å². The maximum absolute atomic E-state index is 11.9. The van der Waals surface area contributed by atoms with Gasteiger partial charge in [0.05, 0.1) is 0 Å². The molecule has 0 aromatic heterocycles. The molecule has 3 N–H and O–H groups in total. The van der Waals surface area contributed by atoms with Gasteiger partial charge in [-0.2, -0.15) is 0 Å². The maximum atomic E-state index is 11.9. The fraction of sp³-hybridized carbons (Fsp3) is 0.933. The number of unbranched alkanes of at least 4 members (excludes halogenated alkanes) is 1. The summed E-state index contributed by atoms with van der Waals surface area (Å²) < 4.78 is 0. The van der Waals surface area contributed by atoms with Crippen molar-refractivity contribution >= 4 is 5.91 Å². The summed E-state index contributed by atoms with van der Waals surface area (Å²) in [5.41, 5.74) is 5.99. The highest BCUT2D eigenvalue weighted by molar-refractivity contribution is 5.77. The predicted octanol–water partition coefficient (Wildman–Crippen LogP) is 1.49. The average Bonchev–Trinajstić information content (AvgIpc) is 3.22. The molecule has 0 radical (unpaired) electrons. The van der Waals surface area contributed by atoms with E-state index in [1.54, 1.807) is 0 Å². The van der Waals surface area contributed by atoms with Crippen LogP contribution in [0, 0.1) is 5.92 Å². The first-order chi connectivity index (χ1) is 9.19. The van der Waals surface area contributed by atoms with E-state index in [0.717, 1.165) is 25.9 Å². The monoisotopic (exact) mass is 267 g/mol. The van der Waals surface area contributed by atoms with Gasteiger partial charge in [0.15, 0.2) is 0 Å². The van der Waals surface area contributed by atoms with Crippen molar-refractivity contribution in [2.45, 2.75) is 64.0 Å². The number of nitrogens with one attached hydrogen (secondary N) is 1. The van der Waals surface area contributed by atoms with Crippen molar-refractivity contribution in [3.05, 3.63) is 0 Å². The van der Waals surface area contributed by atoms with Gasteiger partial charge in [-0.25, -0.2) is 0 Å². The van der Waals surface area contributed by atoms with Crippen LogP contribution < -0.4 is 11.1 Å². The van der Waals surface area contributed by atoms with Gasteiger partial charge in [0.25, 0.3) is 0 Å². The first-order valence-corrected chi connectivity index (χ1v) is 7.96. The largest absolute Gasteiger partial charge is 0.353 e. The number of nitrogens with zero attached hydrogens (tertiary/aromatic N) is 1. The Balaban J connectivity index is 1.60. The second kappa shape index (κ2) is 7.25. The molecule has 0 bridgehead atoms. The van der Waals surface area contributed by atoms with Crippen LogP contribution in [0.1, 0.15) is 51.9 Å². The quantitative estimate of drug-likeness (QED) is 0.735. The molecule has 2 aliphatic rings. The molecule has 0 aromatic carbocycles. The van der Waals surface area contributed by atoms with Gasteiger partial charge in [-0.05, 0) is 44.6 Å². The molecule has 1 amide bonds. The third-order valence-corrected chi connectivity index (χ3v) is 4.43. The number of amides is 1. The topological polar surface area (TPSA) is 58.4 Å². The van der Waals surface area contributed by atoms with Crippen molar-refractivity contribution in [1.29, 1.82) is 0 Å². The van der Waals surface area contributed by atoms with Crippen molar-refractivity contribution < 1.29 is 4.79 Å². The number of carbonyl (C=O) groups excluding carboxylic acids is 1. The molecule has 1 atom stereocenters. The van der Waals surface area contributed by atoms with Gasteiger partial charge >= 0.3 is 0 Å². The third kappa shape index (κ3) is 5.11. The Kier molecular flexibility index (Phi) is 5.64. The number of nitrogens with two attached hydrogens (primary N) is 1. The lowest BCUT2D eigenvalue weighted by atomic mass is 10.0. The predicted molar refractivity (Wildman–Crippen MR) is 77.8 cm³/mol. The number of likely N-dealkylation sites (tertiary alicyclic amines) is 1. The van der Waals surface area contributed by atoms with Crippen LogP contribution in [0.3, 0.4) is 0 Å². The maximum Gasteiger partial charge on any atom is 0.221 e. The zero-order chi connectivity index (χ0) is 13.7. The van der Waals surface area contributed by atoms with Crippen LogP contribution in [0.5, 0.6) is 0 Å². The summed E-state index contributed by atoms with van der Waals surface area (Å²) in [4.78, 5) is 14.4. The summed E-state index contributed by atoms with van der Waals surface area (Å²) in [7, 11) is 0. The summed E-state index contributed by atoms with van der Waals surface area (Å²) in [5.74, 6) is 0.771. The summed E-state index contributed by atoms with van der Waals surface area (Å²) >= 11 is 0. The minimum Gasteiger partial charge on any atom is -0.353 e. The molecule has 4 nitrogen and oxygen atoms in total.